The van der Waals surface area contributed by atoms with Crippen molar-refractivity contribution < 1.29 is 14.3 Å². The summed E-state index contributed by atoms with van der Waals surface area (Å²) in [4.78, 5) is 11.3. The maximum absolute atomic E-state index is 11.3. The Morgan fingerprint density at radius 3 is 1.86 bits per heavy atom. The molecule has 0 N–H and O–H groups in total. The Labute approximate surface area is 182 Å². The minimum atomic E-state index is -1.49. The summed E-state index contributed by atoms with van der Waals surface area (Å²) in [5, 5.41) is 0. The largest absolute Gasteiger partial charge is 0.463 e. The summed E-state index contributed by atoms with van der Waals surface area (Å²) < 4.78 is 11.9. The molecule has 0 aromatic heterocycles. The SMILES string of the molecule is CCCCCCCCCCCC[Si](C)(C)C1OC(COC(C)=O)C(C)C(C)C1C. The highest BCUT2D eigenvalue weighted by molar-refractivity contribution is 6.78. The molecule has 1 heterocycles. The zero-order valence-electron chi connectivity index (χ0n) is 20.6. The van der Waals surface area contributed by atoms with Crippen LogP contribution in [0.1, 0.15) is 98.8 Å². The standard InChI is InChI=1S/C25H50O3Si/c1-8-9-10-11-12-13-14-15-16-17-18-29(6,7)25-22(4)20(2)21(3)24(28-25)19-27-23(5)26/h20-22,24-25H,8-19H2,1-7H3. The third-order valence-corrected chi connectivity index (χ3v) is 11.3. The van der Waals surface area contributed by atoms with Crippen LogP contribution in [0, 0.1) is 17.8 Å². The fourth-order valence-corrected chi connectivity index (χ4v) is 8.74. The molecule has 1 aliphatic rings. The highest BCUT2D eigenvalue weighted by Crippen LogP contribution is 2.40. The zero-order valence-corrected chi connectivity index (χ0v) is 21.6. The highest BCUT2D eigenvalue weighted by atomic mass is 28.3. The van der Waals surface area contributed by atoms with Crippen LogP contribution in [0.4, 0.5) is 0 Å². The molecule has 0 aliphatic carbocycles. The van der Waals surface area contributed by atoms with Gasteiger partial charge in [-0.2, -0.15) is 0 Å². The van der Waals surface area contributed by atoms with Crippen molar-refractivity contribution in [3.63, 3.8) is 0 Å². The molecule has 0 saturated carbocycles. The number of hydrogen-bond acceptors (Lipinski definition) is 3. The summed E-state index contributed by atoms with van der Waals surface area (Å²) in [7, 11) is -1.49. The van der Waals surface area contributed by atoms with Gasteiger partial charge in [-0.15, -0.1) is 0 Å². The fraction of sp³-hybridized carbons (Fsp3) is 0.960. The van der Waals surface area contributed by atoms with Gasteiger partial charge in [0, 0.05) is 6.92 Å². The van der Waals surface area contributed by atoms with E-state index in [9.17, 15) is 4.79 Å². The number of carbonyl (C=O) groups excluding carboxylic acids is 1. The van der Waals surface area contributed by atoms with E-state index >= 15 is 0 Å². The average Bonchev–Trinajstić information content (AvgIpc) is 2.66. The third kappa shape index (κ3) is 9.55. The Hall–Kier alpha value is -0.353. The maximum atomic E-state index is 11.3. The quantitative estimate of drug-likeness (QED) is 0.165. The molecule has 5 atom stereocenters. The Kier molecular flexibility index (Phi) is 12.7. The second-order valence-corrected chi connectivity index (χ2v) is 15.4. The topological polar surface area (TPSA) is 35.5 Å². The van der Waals surface area contributed by atoms with Crippen LogP contribution in [-0.2, 0) is 14.3 Å². The van der Waals surface area contributed by atoms with E-state index in [1.807, 2.05) is 0 Å². The van der Waals surface area contributed by atoms with Gasteiger partial charge in [0.25, 0.3) is 0 Å². The van der Waals surface area contributed by atoms with Gasteiger partial charge in [0.2, 0.25) is 0 Å². The molecule has 0 aromatic rings. The molecule has 1 rings (SSSR count). The second-order valence-electron chi connectivity index (χ2n) is 10.4. The summed E-state index contributed by atoms with van der Waals surface area (Å²) in [5.74, 6) is 1.42. The van der Waals surface area contributed by atoms with Gasteiger partial charge < -0.3 is 9.47 Å². The smallest absolute Gasteiger partial charge is 0.302 e. The van der Waals surface area contributed by atoms with Gasteiger partial charge in [-0.3, -0.25) is 4.79 Å². The van der Waals surface area contributed by atoms with Gasteiger partial charge in [-0.25, -0.2) is 0 Å². The van der Waals surface area contributed by atoms with Gasteiger partial charge in [0.1, 0.15) is 6.61 Å². The van der Waals surface area contributed by atoms with Crippen molar-refractivity contribution in [3.05, 3.63) is 0 Å². The lowest BCUT2D eigenvalue weighted by Gasteiger charge is -2.49. The van der Waals surface area contributed by atoms with Crippen LogP contribution in [0.25, 0.3) is 0 Å². The Morgan fingerprint density at radius 2 is 1.34 bits per heavy atom. The first-order valence-electron chi connectivity index (χ1n) is 12.5. The summed E-state index contributed by atoms with van der Waals surface area (Å²) in [6, 6.07) is 1.35. The van der Waals surface area contributed by atoms with Crippen LogP contribution in [0.3, 0.4) is 0 Å². The van der Waals surface area contributed by atoms with Crippen molar-refractivity contribution in [2.75, 3.05) is 6.61 Å². The molecule has 3 nitrogen and oxygen atoms in total. The van der Waals surface area contributed by atoms with E-state index in [2.05, 4.69) is 40.8 Å². The van der Waals surface area contributed by atoms with E-state index in [-0.39, 0.29) is 12.1 Å². The lowest BCUT2D eigenvalue weighted by atomic mass is 9.80. The van der Waals surface area contributed by atoms with Gasteiger partial charge in [0.05, 0.1) is 19.9 Å². The van der Waals surface area contributed by atoms with Crippen molar-refractivity contribution >= 4 is 14.0 Å². The molecule has 0 bridgehead atoms. The molecule has 1 fully saturated rings. The van der Waals surface area contributed by atoms with Crippen LogP contribution >= 0.6 is 0 Å². The zero-order chi connectivity index (χ0) is 21.9. The van der Waals surface area contributed by atoms with E-state index in [4.69, 9.17) is 9.47 Å². The predicted molar refractivity (Wildman–Crippen MR) is 127 cm³/mol. The summed E-state index contributed by atoms with van der Waals surface area (Å²) in [5.41, 5.74) is 0.368. The molecule has 1 saturated heterocycles. The highest BCUT2D eigenvalue weighted by Gasteiger charge is 2.46. The average molecular weight is 427 g/mol. The minimum Gasteiger partial charge on any atom is -0.463 e. The summed E-state index contributed by atoms with van der Waals surface area (Å²) in [6.07, 6.45) is 14.0. The van der Waals surface area contributed by atoms with Crippen molar-refractivity contribution in [3.8, 4) is 0 Å². The van der Waals surface area contributed by atoms with Crippen LogP contribution in [-0.4, -0.2) is 32.5 Å². The Bertz CT molecular complexity index is 451. The molecule has 29 heavy (non-hydrogen) atoms. The first kappa shape index (κ1) is 26.7. The summed E-state index contributed by atoms with van der Waals surface area (Å²) >= 11 is 0. The van der Waals surface area contributed by atoms with E-state index in [0.29, 0.717) is 30.1 Å². The van der Waals surface area contributed by atoms with Crippen LogP contribution in [0.2, 0.25) is 19.1 Å². The summed E-state index contributed by atoms with van der Waals surface area (Å²) in [6.45, 7) is 16.2. The number of hydrogen-bond donors (Lipinski definition) is 0. The molecule has 1 aliphatic heterocycles. The van der Waals surface area contributed by atoms with Crippen molar-refractivity contribution in [2.24, 2.45) is 17.8 Å². The molecule has 4 heteroatoms. The minimum absolute atomic E-state index is 0.0505. The Balaban J connectivity index is 2.37. The van der Waals surface area contributed by atoms with Crippen LogP contribution < -0.4 is 0 Å². The second kappa shape index (κ2) is 13.9. The number of rotatable bonds is 14. The molecule has 172 valence electrons. The number of unbranched alkanes of at least 4 members (excludes halogenated alkanes) is 9. The molecule has 5 unspecified atom stereocenters. The number of carbonyl (C=O) groups is 1. The van der Waals surface area contributed by atoms with Crippen molar-refractivity contribution in [1.82, 2.24) is 0 Å². The molecule has 0 radical (unpaired) electrons. The van der Waals surface area contributed by atoms with E-state index in [1.54, 1.807) is 0 Å². The van der Waals surface area contributed by atoms with Crippen molar-refractivity contribution in [2.45, 2.75) is 130 Å². The molecule has 0 amide bonds. The number of esters is 1. The number of ether oxygens (including phenoxy) is 2. The first-order chi connectivity index (χ1) is 13.7. The van der Waals surface area contributed by atoms with E-state index in [0.717, 1.165) is 0 Å². The molecular weight excluding hydrogens is 376 g/mol. The van der Waals surface area contributed by atoms with Crippen LogP contribution in [0.5, 0.6) is 0 Å². The van der Waals surface area contributed by atoms with E-state index < -0.39 is 8.07 Å². The normalized spacial score (nSPS) is 27.8. The maximum Gasteiger partial charge on any atom is 0.302 e. The van der Waals surface area contributed by atoms with Crippen LogP contribution in [0.15, 0.2) is 0 Å². The van der Waals surface area contributed by atoms with E-state index in [1.165, 1.54) is 77.2 Å². The third-order valence-electron chi connectivity index (χ3n) is 7.44. The van der Waals surface area contributed by atoms with Gasteiger partial charge in [0.15, 0.2) is 0 Å². The molecule has 0 aromatic carbocycles. The lowest BCUT2D eigenvalue weighted by Crippen LogP contribution is -2.57. The van der Waals surface area contributed by atoms with Gasteiger partial charge >= 0.3 is 5.97 Å². The lowest BCUT2D eigenvalue weighted by molar-refractivity contribution is -0.158. The molecular formula is C25H50O3Si. The van der Waals surface area contributed by atoms with Crippen molar-refractivity contribution in [1.29, 1.82) is 0 Å². The first-order valence-corrected chi connectivity index (χ1v) is 15.8. The fourth-order valence-electron chi connectivity index (χ4n) is 5.03. The monoisotopic (exact) mass is 426 g/mol. The van der Waals surface area contributed by atoms with Gasteiger partial charge in [-0.1, -0.05) is 111 Å². The molecule has 0 spiro atoms. The Morgan fingerprint density at radius 1 is 0.828 bits per heavy atom. The van der Waals surface area contributed by atoms with Gasteiger partial charge in [-0.05, 0) is 17.8 Å². The predicted octanol–water partition coefficient (Wildman–Crippen LogP) is 7.39.